The molecule has 3 heterocycles. The van der Waals surface area contributed by atoms with Gasteiger partial charge in [0, 0.05) is 22.4 Å². The van der Waals surface area contributed by atoms with Crippen molar-refractivity contribution in [2.45, 2.75) is 26.8 Å². The predicted molar refractivity (Wildman–Crippen MR) is 115 cm³/mol. The fraction of sp³-hybridized carbons (Fsp3) is 0.182. The van der Waals surface area contributed by atoms with Gasteiger partial charge in [0.05, 0.1) is 23.0 Å². The van der Waals surface area contributed by atoms with Crippen LogP contribution in [0.2, 0.25) is 5.15 Å². The SMILES string of the molecule is Cc1c(/C=C/c2cc3cnn(C(C)C)c3nc2Cl)nc2ccccc2c1C(=O)O. The normalized spacial score (nSPS) is 11.9. The second-order valence-corrected chi connectivity index (χ2v) is 7.47. The van der Waals surface area contributed by atoms with Crippen molar-refractivity contribution in [3.8, 4) is 0 Å². The maximum absolute atomic E-state index is 11.8. The van der Waals surface area contributed by atoms with Crippen LogP contribution < -0.4 is 0 Å². The number of benzene rings is 1. The summed E-state index contributed by atoms with van der Waals surface area (Å²) >= 11 is 6.40. The molecule has 4 aromatic rings. The quantitative estimate of drug-likeness (QED) is 0.459. The largest absolute Gasteiger partial charge is 0.478 e. The number of fused-ring (bicyclic) bond motifs is 2. The summed E-state index contributed by atoms with van der Waals surface area (Å²) in [5, 5.41) is 15.9. The van der Waals surface area contributed by atoms with E-state index >= 15 is 0 Å². The van der Waals surface area contributed by atoms with Gasteiger partial charge in [0.1, 0.15) is 5.15 Å². The van der Waals surface area contributed by atoms with Crippen molar-refractivity contribution in [3.63, 3.8) is 0 Å². The van der Waals surface area contributed by atoms with E-state index in [1.54, 1.807) is 37.4 Å². The number of pyridine rings is 2. The number of aromatic carboxylic acids is 1. The number of carboxylic acids is 1. The molecule has 4 rings (SSSR count). The Hall–Kier alpha value is -3.25. The number of carboxylic acid groups (broad SMARTS) is 1. The highest BCUT2D eigenvalue weighted by Gasteiger charge is 2.16. The summed E-state index contributed by atoms with van der Waals surface area (Å²) in [7, 11) is 0. The van der Waals surface area contributed by atoms with E-state index in [2.05, 4.69) is 15.1 Å². The van der Waals surface area contributed by atoms with Crippen LogP contribution in [0.4, 0.5) is 0 Å². The molecule has 0 aliphatic rings. The molecule has 0 spiro atoms. The summed E-state index contributed by atoms with van der Waals surface area (Å²) in [5.74, 6) is -0.974. The van der Waals surface area contributed by atoms with Crippen LogP contribution in [0.1, 0.15) is 47.1 Å². The van der Waals surface area contributed by atoms with Gasteiger partial charge in [-0.25, -0.2) is 19.4 Å². The number of halogens is 1. The number of carbonyl (C=O) groups is 1. The third kappa shape index (κ3) is 3.36. The van der Waals surface area contributed by atoms with Gasteiger partial charge in [0.15, 0.2) is 5.65 Å². The maximum Gasteiger partial charge on any atom is 0.336 e. The zero-order valence-electron chi connectivity index (χ0n) is 16.2. The average Bonchev–Trinajstić information content (AvgIpc) is 3.08. The Labute approximate surface area is 172 Å². The molecule has 7 heteroatoms. The van der Waals surface area contributed by atoms with Crippen molar-refractivity contribution in [2.24, 2.45) is 0 Å². The molecule has 0 unspecified atom stereocenters. The van der Waals surface area contributed by atoms with E-state index in [0.29, 0.717) is 32.9 Å². The van der Waals surface area contributed by atoms with Crippen LogP contribution in [0.5, 0.6) is 0 Å². The molecule has 0 aliphatic heterocycles. The lowest BCUT2D eigenvalue weighted by Gasteiger charge is -2.09. The third-order valence-electron chi connectivity index (χ3n) is 4.85. The smallest absolute Gasteiger partial charge is 0.336 e. The van der Waals surface area contributed by atoms with E-state index in [-0.39, 0.29) is 11.6 Å². The predicted octanol–water partition coefficient (Wildman–Crippen LogP) is 5.39. The van der Waals surface area contributed by atoms with Gasteiger partial charge in [0.25, 0.3) is 0 Å². The second-order valence-electron chi connectivity index (χ2n) is 7.12. The highest BCUT2D eigenvalue weighted by atomic mass is 35.5. The maximum atomic E-state index is 11.8. The first kappa shape index (κ1) is 19.1. The summed E-state index contributed by atoms with van der Waals surface area (Å²) in [6, 6.07) is 9.32. The average molecular weight is 407 g/mol. The monoisotopic (exact) mass is 406 g/mol. The highest BCUT2D eigenvalue weighted by Crippen LogP contribution is 2.27. The number of aromatic nitrogens is 4. The molecule has 0 amide bonds. The van der Waals surface area contributed by atoms with Crippen molar-refractivity contribution in [1.29, 1.82) is 0 Å². The molecule has 146 valence electrons. The lowest BCUT2D eigenvalue weighted by Crippen LogP contribution is -2.04. The number of hydrogen-bond acceptors (Lipinski definition) is 4. The molecule has 0 fully saturated rings. The van der Waals surface area contributed by atoms with Crippen LogP contribution in [-0.4, -0.2) is 30.8 Å². The fourth-order valence-electron chi connectivity index (χ4n) is 3.40. The Morgan fingerprint density at radius 3 is 2.69 bits per heavy atom. The van der Waals surface area contributed by atoms with Crippen molar-refractivity contribution in [1.82, 2.24) is 19.7 Å². The first-order chi connectivity index (χ1) is 13.9. The van der Waals surface area contributed by atoms with Crippen LogP contribution in [0.25, 0.3) is 34.1 Å². The zero-order chi connectivity index (χ0) is 20.7. The van der Waals surface area contributed by atoms with Gasteiger partial charge >= 0.3 is 5.97 Å². The van der Waals surface area contributed by atoms with E-state index in [1.807, 2.05) is 36.7 Å². The van der Waals surface area contributed by atoms with Crippen LogP contribution in [0.15, 0.2) is 36.5 Å². The van der Waals surface area contributed by atoms with Gasteiger partial charge in [-0.3, -0.25) is 0 Å². The minimum Gasteiger partial charge on any atom is -0.478 e. The van der Waals surface area contributed by atoms with E-state index in [4.69, 9.17) is 11.6 Å². The molecule has 0 aliphatic carbocycles. The van der Waals surface area contributed by atoms with Gasteiger partial charge in [0.2, 0.25) is 0 Å². The summed E-state index contributed by atoms with van der Waals surface area (Å²) in [4.78, 5) is 20.9. The molecule has 6 nitrogen and oxygen atoms in total. The highest BCUT2D eigenvalue weighted by molar-refractivity contribution is 6.31. The molecule has 1 N–H and O–H groups in total. The lowest BCUT2D eigenvalue weighted by molar-refractivity contribution is 0.0698. The lowest BCUT2D eigenvalue weighted by atomic mass is 10.0. The number of nitrogens with zero attached hydrogens (tertiary/aromatic N) is 4. The van der Waals surface area contributed by atoms with Gasteiger partial charge < -0.3 is 5.11 Å². The van der Waals surface area contributed by atoms with Crippen LogP contribution in [-0.2, 0) is 0 Å². The molecular formula is C22H19ClN4O2. The number of hydrogen-bond donors (Lipinski definition) is 1. The summed E-state index contributed by atoms with van der Waals surface area (Å²) in [6.45, 7) is 5.83. The Morgan fingerprint density at radius 2 is 1.97 bits per heavy atom. The fourth-order valence-corrected chi connectivity index (χ4v) is 3.60. The molecule has 29 heavy (non-hydrogen) atoms. The summed E-state index contributed by atoms with van der Waals surface area (Å²) in [5.41, 5.74) is 3.52. The van der Waals surface area contributed by atoms with Gasteiger partial charge in [-0.2, -0.15) is 5.10 Å². The first-order valence-electron chi connectivity index (χ1n) is 9.21. The van der Waals surface area contributed by atoms with Crippen molar-refractivity contribution in [3.05, 3.63) is 64.1 Å². The minimum absolute atomic E-state index is 0.177. The van der Waals surface area contributed by atoms with Gasteiger partial charge in [-0.05, 0) is 50.6 Å². The van der Waals surface area contributed by atoms with Crippen LogP contribution >= 0.6 is 11.6 Å². The van der Waals surface area contributed by atoms with Crippen LogP contribution in [0, 0.1) is 6.92 Å². The van der Waals surface area contributed by atoms with E-state index in [9.17, 15) is 9.90 Å². The molecule has 0 radical (unpaired) electrons. The van der Waals surface area contributed by atoms with Gasteiger partial charge in [-0.1, -0.05) is 29.8 Å². The zero-order valence-corrected chi connectivity index (χ0v) is 17.0. The molecular weight excluding hydrogens is 388 g/mol. The van der Waals surface area contributed by atoms with E-state index in [0.717, 1.165) is 11.0 Å². The molecule has 0 atom stereocenters. The third-order valence-corrected chi connectivity index (χ3v) is 5.15. The number of para-hydroxylation sites is 1. The van der Waals surface area contributed by atoms with Crippen molar-refractivity contribution < 1.29 is 9.90 Å². The first-order valence-corrected chi connectivity index (χ1v) is 9.59. The number of rotatable bonds is 4. The molecule has 0 bridgehead atoms. The Balaban J connectivity index is 1.82. The Kier molecular flexibility index (Phi) is 4.80. The summed E-state index contributed by atoms with van der Waals surface area (Å²) in [6.07, 6.45) is 5.34. The van der Waals surface area contributed by atoms with Gasteiger partial charge in [-0.15, -0.1) is 0 Å². The van der Waals surface area contributed by atoms with Crippen molar-refractivity contribution in [2.75, 3.05) is 0 Å². The molecule has 0 saturated heterocycles. The Morgan fingerprint density at radius 1 is 1.21 bits per heavy atom. The topological polar surface area (TPSA) is 80.9 Å². The minimum atomic E-state index is -0.974. The summed E-state index contributed by atoms with van der Waals surface area (Å²) < 4.78 is 1.82. The van der Waals surface area contributed by atoms with E-state index < -0.39 is 5.97 Å². The standard InChI is InChI=1S/C22H19ClN4O2/c1-12(2)27-21-15(11-24-27)10-14(20(23)26-21)8-9-17-13(3)19(22(28)29)16-6-4-5-7-18(16)25-17/h4-12H,1-3H3,(H,28,29)/b9-8+. The van der Waals surface area contributed by atoms with Crippen molar-refractivity contribution >= 4 is 51.7 Å². The van der Waals surface area contributed by atoms with E-state index in [1.165, 1.54) is 0 Å². The van der Waals surface area contributed by atoms with Crippen LogP contribution in [0.3, 0.4) is 0 Å². The molecule has 3 aromatic heterocycles. The molecule has 0 saturated carbocycles. The molecule has 1 aromatic carbocycles. The Bertz CT molecular complexity index is 1290. The second kappa shape index (κ2) is 7.29.